The van der Waals surface area contributed by atoms with Crippen LogP contribution in [0.4, 0.5) is 4.39 Å². The SMILES string of the molecule is CCc1cc(C(CC2CCCCC2)NC(CC(=O)O)c2ccc(Cl)c(F)c2)ccc1OCCN1C(=O)CCC1=O. The van der Waals surface area contributed by atoms with E-state index in [-0.39, 0.29) is 55.3 Å². The maximum Gasteiger partial charge on any atom is 0.305 e. The van der Waals surface area contributed by atoms with Crippen molar-refractivity contribution in [1.82, 2.24) is 10.2 Å². The molecule has 1 aliphatic heterocycles. The minimum Gasteiger partial charge on any atom is -0.491 e. The molecule has 2 N–H and O–H groups in total. The maximum atomic E-state index is 14.3. The number of imide groups is 1. The number of amides is 2. The number of nitrogens with zero attached hydrogens (tertiary/aromatic N) is 1. The van der Waals surface area contributed by atoms with E-state index in [0.29, 0.717) is 23.7 Å². The second-order valence-corrected chi connectivity index (χ2v) is 11.2. The molecule has 0 bridgehead atoms. The van der Waals surface area contributed by atoms with Gasteiger partial charge in [-0.3, -0.25) is 19.3 Å². The Morgan fingerprint density at radius 1 is 1.07 bits per heavy atom. The van der Waals surface area contributed by atoms with E-state index in [9.17, 15) is 23.9 Å². The Morgan fingerprint density at radius 3 is 2.40 bits per heavy atom. The molecule has 2 amide bonds. The Morgan fingerprint density at radius 2 is 1.75 bits per heavy atom. The van der Waals surface area contributed by atoms with Crippen molar-refractivity contribution in [2.45, 2.75) is 83.2 Å². The average Bonchev–Trinajstić information content (AvgIpc) is 3.26. The number of carboxylic acids is 1. The van der Waals surface area contributed by atoms with E-state index in [1.54, 1.807) is 6.07 Å². The Kier molecular flexibility index (Phi) is 10.6. The molecule has 40 heavy (non-hydrogen) atoms. The summed E-state index contributed by atoms with van der Waals surface area (Å²) in [4.78, 5) is 36.9. The second-order valence-electron chi connectivity index (χ2n) is 10.8. The molecule has 1 saturated heterocycles. The predicted molar refractivity (Wildman–Crippen MR) is 151 cm³/mol. The smallest absolute Gasteiger partial charge is 0.305 e. The number of halogens is 2. The zero-order chi connectivity index (χ0) is 28.6. The Bertz CT molecular complexity index is 1200. The van der Waals surface area contributed by atoms with Crippen LogP contribution in [0.15, 0.2) is 36.4 Å². The molecule has 1 saturated carbocycles. The molecule has 216 valence electrons. The van der Waals surface area contributed by atoms with Crippen LogP contribution in [-0.2, 0) is 20.8 Å². The molecule has 9 heteroatoms. The molecule has 7 nitrogen and oxygen atoms in total. The number of hydrogen-bond acceptors (Lipinski definition) is 5. The van der Waals surface area contributed by atoms with E-state index in [1.807, 2.05) is 19.1 Å². The fraction of sp³-hybridized carbons (Fsp3) is 0.516. The summed E-state index contributed by atoms with van der Waals surface area (Å²) >= 11 is 5.90. The van der Waals surface area contributed by atoms with Gasteiger partial charge in [-0.2, -0.15) is 0 Å². The largest absolute Gasteiger partial charge is 0.491 e. The molecule has 2 unspecified atom stereocenters. The van der Waals surface area contributed by atoms with Crippen molar-refractivity contribution in [2.75, 3.05) is 13.2 Å². The monoisotopic (exact) mass is 572 g/mol. The maximum absolute atomic E-state index is 14.3. The minimum absolute atomic E-state index is 0.00165. The number of hydrogen-bond donors (Lipinski definition) is 2. The van der Waals surface area contributed by atoms with Crippen LogP contribution in [0.25, 0.3) is 0 Å². The van der Waals surface area contributed by atoms with Gasteiger partial charge in [0.15, 0.2) is 0 Å². The number of ether oxygens (including phenoxy) is 1. The van der Waals surface area contributed by atoms with Crippen LogP contribution in [0.2, 0.25) is 5.02 Å². The molecule has 2 aliphatic rings. The second kappa shape index (κ2) is 14.1. The molecular formula is C31H38ClFN2O5. The molecule has 2 fully saturated rings. The van der Waals surface area contributed by atoms with E-state index in [2.05, 4.69) is 11.4 Å². The van der Waals surface area contributed by atoms with Crippen molar-refractivity contribution in [3.63, 3.8) is 0 Å². The van der Waals surface area contributed by atoms with Gasteiger partial charge in [-0.25, -0.2) is 4.39 Å². The summed E-state index contributed by atoms with van der Waals surface area (Å²) < 4.78 is 20.3. The third-order valence-electron chi connectivity index (χ3n) is 8.02. The van der Waals surface area contributed by atoms with Gasteiger partial charge in [-0.1, -0.05) is 68.8 Å². The van der Waals surface area contributed by atoms with Gasteiger partial charge in [0.1, 0.15) is 18.2 Å². The summed E-state index contributed by atoms with van der Waals surface area (Å²) in [6.07, 6.45) is 7.75. The number of nitrogens with one attached hydrogen (secondary N) is 1. The average molecular weight is 573 g/mol. The number of likely N-dealkylation sites (tertiary alicyclic amines) is 1. The topological polar surface area (TPSA) is 95.9 Å². The molecule has 1 heterocycles. The first kappa shape index (κ1) is 30.0. The highest BCUT2D eigenvalue weighted by atomic mass is 35.5. The number of carboxylic acid groups (broad SMARTS) is 1. The number of aryl methyl sites for hydroxylation is 1. The minimum atomic E-state index is -0.975. The molecule has 2 atom stereocenters. The van der Waals surface area contributed by atoms with Gasteiger partial charge in [-0.05, 0) is 53.6 Å². The van der Waals surface area contributed by atoms with Gasteiger partial charge in [-0.15, -0.1) is 0 Å². The third kappa shape index (κ3) is 7.82. The first-order valence-corrected chi connectivity index (χ1v) is 14.6. The molecule has 0 spiro atoms. The Labute approximate surface area is 240 Å². The molecule has 0 aromatic heterocycles. The lowest BCUT2D eigenvalue weighted by Crippen LogP contribution is -2.33. The van der Waals surface area contributed by atoms with Crippen molar-refractivity contribution in [3.8, 4) is 5.75 Å². The normalized spacial score (nSPS) is 17.7. The van der Waals surface area contributed by atoms with Crippen LogP contribution in [0.1, 0.15) is 93.5 Å². The van der Waals surface area contributed by atoms with Gasteiger partial charge < -0.3 is 15.2 Å². The highest BCUT2D eigenvalue weighted by molar-refractivity contribution is 6.30. The zero-order valence-electron chi connectivity index (χ0n) is 23.0. The number of benzene rings is 2. The number of rotatable bonds is 13. The summed E-state index contributed by atoms with van der Waals surface area (Å²) in [5.74, 6) is -0.663. The van der Waals surface area contributed by atoms with Crippen molar-refractivity contribution in [2.24, 2.45) is 5.92 Å². The lowest BCUT2D eigenvalue weighted by Gasteiger charge is -2.31. The summed E-state index contributed by atoms with van der Waals surface area (Å²) in [6, 6.07) is 9.68. The Balaban J connectivity index is 1.56. The van der Waals surface area contributed by atoms with E-state index in [1.165, 1.54) is 36.3 Å². The van der Waals surface area contributed by atoms with Gasteiger partial charge in [0.05, 0.1) is 18.0 Å². The molecule has 2 aromatic carbocycles. The van der Waals surface area contributed by atoms with E-state index >= 15 is 0 Å². The quantitative estimate of drug-likeness (QED) is 0.270. The first-order valence-electron chi connectivity index (χ1n) is 14.3. The Hall–Kier alpha value is -2.97. The molecule has 0 radical (unpaired) electrons. The highest BCUT2D eigenvalue weighted by Crippen LogP contribution is 2.36. The summed E-state index contributed by atoms with van der Waals surface area (Å²) in [5.41, 5.74) is 2.54. The van der Waals surface area contributed by atoms with Crippen molar-refractivity contribution >= 4 is 29.4 Å². The van der Waals surface area contributed by atoms with Gasteiger partial charge in [0.25, 0.3) is 0 Å². The van der Waals surface area contributed by atoms with E-state index in [4.69, 9.17) is 16.3 Å². The molecule has 1 aliphatic carbocycles. The number of aliphatic carboxylic acids is 1. The van der Waals surface area contributed by atoms with Gasteiger partial charge >= 0.3 is 5.97 Å². The fourth-order valence-electron chi connectivity index (χ4n) is 5.83. The van der Waals surface area contributed by atoms with Gasteiger partial charge in [0, 0.05) is 24.9 Å². The molecular weight excluding hydrogens is 535 g/mol. The zero-order valence-corrected chi connectivity index (χ0v) is 23.7. The highest BCUT2D eigenvalue weighted by Gasteiger charge is 2.29. The standard InChI is InChI=1S/C31H38ClFN2O5/c1-2-21-17-22(9-11-28(21)40-15-14-35-29(36)12-13-30(35)37)26(16-20-6-4-3-5-7-20)34-27(19-31(38)39)23-8-10-24(32)25(33)18-23/h8-11,17-18,20,26-27,34H,2-7,12-16,19H2,1H3,(H,38,39). The number of carbonyl (C=O) groups excluding carboxylic acids is 2. The van der Waals surface area contributed by atoms with Crippen molar-refractivity contribution in [1.29, 1.82) is 0 Å². The van der Waals surface area contributed by atoms with E-state index < -0.39 is 17.8 Å². The van der Waals surface area contributed by atoms with Crippen molar-refractivity contribution < 1.29 is 28.6 Å². The fourth-order valence-corrected chi connectivity index (χ4v) is 5.95. The molecule has 4 rings (SSSR count). The van der Waals surface area contributed by atoms with Crippen LogP contribution < -0.4 is 10.1 Å². The summed E-state index contributed by atoms with van der Waals surface area (Å²) in [7, 11) is 0. The van der Waals surface area contributed by atoms with E-state index in [0.717, 1.165) is 30.4 Å². The van der Waals surface area contributed by atoms with Crippen LogP contribution in [0.3, 0.4) is 0 Å². The van der Waals surface area contributed by atoms with Crippen LogP contribution in [0, 0.1) is 11.7 Å². The lowest BCUT2D eigenvalue weighted by atomic mass is 9.82. The third-order valence-corrected chi connectivity index (χ3v) is 8.32. The summed E-state index contributed by atoms with van der Waals surface area (Å²) in [6.45, 7) is 2.48. The number of carbonyl (C=O) groups is 3. The van der Waals surface area contributed by atoms with Gasteiger partial charge in [0.2, 0.25) is 11.8 Å². The van der Waals surface area contributed by atoms with Crippen LogP contribution in [0.5, 0.6) is 5.75 Å². The lowest BCUT2D eigenvalue weighted by molar-refractivity contribution is -0.139. The van der Waals surface area contributed by atoms with Crippen LogP contribution >= 0.6 is 11.6 Å². The van der Waals surface area contributed by atoms with Crippen LogP contribution in [-0.4, -0.2) is 40.9 Å². The van der Waals surface area contributed by atoms with Crippen molar-refractivity contribution in [3.05, 3.63) is 63.9 Å². The molecule has 2 aromatic rings. The predicted octanol–water partition coefficient (Wildman–Crippen LogP) is 6.39. The summed E-state index contributed by atoms with van der Waals surface area (Å²) in [5, 5.41) is 13.2. The first-order chi connectivity index (χ1) is 19.2.